The van der Waals surface area contributed by atoms with E-state index in [-0.39, 0.29) is 5.82 Å². The van der Waals surface area contributed by atoms with E-state index >= 15 is 0 Å². The van der Waals surface area contributed by atoms with E-state index in [1.54, 1.807) is 23.9 Å². The van der Waals surface area contributed by atoms with Crippen molar-refractivity contribution in [1.29, 1.82) is 0 Å². The van der Waals surface area contributed by atoms with Crippen LogP contribution in [-0.2, 0) is 0 Å². The standard InChI is InChI=1S/C12H14FN3OS2/c1-14-11-15-16-12(19-11)18-8-2-7-17-10-5-3-9(13)4-6-10/h3-6H,2,7-8H2,1H3,(H,14,15). The third-order valence-electron chi connectivity index (χ3n) is 2.22. The van der Waals surface area contributed by atoms with Crippen LogP contribution in [0, 0.1) is 5.82 Å². The first-order valence-electron chi connectivity index (χ1n) is 5.80. The maximum Gasteiger partial charge on any atom is 0.206 e. The summed E-state index contributed by atoms with van der Waals surface area (Å²) in [6.07, 6.45) is 0.899. The Kier molecular flexibility index (Phi) is 5.41. The second-order valence-electron chi connectivity index (χ2n) is 3.63. The highest BCUT2D eigenvalue weighted by molar-refractivity contribution is 8.01. The molecule has 0 spiro atoms. The van der Waals surface area contributed by atoms with Gasteiger partial charge in [-0.15, -0.1) is 10.2 Å². The number of nitrogens with zero attached hydrogens (tertiary/aromatic N) is 2. The monoisotopic (exact) mass is 299 g/mol. The van der Waals surface area contributed by atoms with Crippen LogP contribution in [0.25, 0.3) is 0 Å². The average Bonchev–Trinajstić information content (AvgIpc) is 2.88. The molecule has 0 atom stereocenters. The van der Waals surface area contributed by atoms with Crippen LogP contribution < -0.4 is 10.1 Å². The quantitative estimate of drug-likeness (QED) is 0.628. The van der Waals surface area contributed by atoms with Gasteiger partial charge in [0, 0.05) is 12.8 Å². The minimum absolute atomic E-state index is 0.250. The minimum atomic E-state index is -0.250. The van der Waals surface area contributed by atoms with E-state index in [1.165, 1.54) is 23.5 Å². The summed E-state index contributed by atoms with van der Waals surface area (Å²) in [6, 6.07) is 6.05. The number of rotatable bonds is 7. The second-order valence-corrected chi connectivity index (χ2v) is 5.95. The molecular weight excluding hydrogens is 285 g/mol. The highest BCUT2D eigenvalue weighted by Crippen LogP contribution is 2.25. The van der Waals surface area contributed by atoms with Crippen LogP contribution in [0.3, 0.4) is 0 Å². The summed E-state index contributed by atoms with van der Waals surface area (Å²) in [7, 11) is 1.82. The smallest absolute Gasteiger partial charge is 0.206 e. The maximum absolute atomic E-state index is 12.7. The molecule has 7 heteroatoms. The van der Waals surface area contributed by atoms with Crippen molar-refractivity contribution in [3.63, 3.8) is 0 Å². The summed E-state index contributed by atoms with van der Waals surface area (Å²) in [5.74, 6) is 1.36. The molecule has 0 fully saturated rings. The molecule has 0 radical (unpaired) electrons. The van der Waals surface area contributed by atoms with Gasteiger partial charge in [0.25, 0.3) is 0 Å². The van der Waals surface area contributed by atoms with Crippen LogP contribution in [0.2, 0.25) is 0 Å². The van der Waals surface area contributed by atoms with Crippen LogP contribution in [0.1, 0.15) is 6.42 Å². The van der Waals surface area contributed by atoms with Gasteiger partial charge in [-0.1, -0.05) is 23.1 Å². The molecule has 0 aliphatic rings. The van der Waals surface area contributed by atoms with Gasteiger partial charge in [0.15, 0.2) is 4.34 Å². The number of hydrogen-bond donors (Lipinski definition) is 1. The Labute approximate surface area is 119 Å². The molecule has 1 aromatic heterocycles. The van der Waals surface area contributed by atoms with Crippen molar-refractivity contribution in [2.45, 2.75) is 10.8 Å². The lowest BCUT2D eigenvalue weighted by atomic mass is 10.3. The Morgan fingerprint density at radius 2 is 2.11 bits per heavy atom. The summed E-state index contributed by atoms with van der Waals surface area (Å²) in [5.41, 5.74) is 0. The molecule has 4 nitrogen and oxygen atoms in total. The van der Waals surface area contributed by atoms with E-state index < -0.39 is 0 Å². The number of aromatic nitrogens is 2. The van der Waals surface area contributed by atoms with E-state index in [2.05, 4.69) is 15.5 Å². The van der Waals surface area contributed by atoms with Gasteiger partial charge < -0.3 is 10.1 Å². The molecular formula is C12H14FN3OS2. The van der Waals surface area contributed by atoms with E-state index in [1.807, 2.05) is 7.05 Å². The van der Waals surface area contributed by atoms with Crippen molar-refractivity contribution >= 4 is 28.2 Å². The van der Waals surface area contributed by atoms with Gasteiger partial charge in [0.1, 0.15) is 11.6 Å². The van der Waals surface area contributed by atoms with Gasteiger partial charge >= 0.3 is 0 Å². The zero-order chi connectivity index (χ0) is 13.5. The Hall–Kier alpha value is -1.34. The molecule has 0 amide bonds. The zero-order valence-electron chi connectivity index (χ0n) is 10.4. The van der Waals surface area contributed by atoms with Gasteiger partial charge in [-0.2, -0.15) is 0 Å². The first-order valence-corrected chi connectivity index (χ1v) is 7.60. The molecule has 19 heavy (non-hydrogen) atoms. The molecule has 0 saturated carbocycles. The topological polar surface area (TPSA) is 47.0 Å². The highest BCUT2D eigenvalue weighted by atomic mass is 32.2. The van der Waals surface area contributed by atoms with Crippen LogP contribution in [0.5, 0.6) is 5.75 Å². The van der Waals surface area contributed by atoms with Crippen molar-refractivity contribution in [1.82, 2.24) is 10.2 Å². The summed E-state index contributed by atoms with van der Waals surface area (Å²) >= 11 is 3.20. The van der Waals surface area contributed by atoms with Crippen molar-refractivity contribution in [3.05, 3.63) is 30.1 Å². The van der Waals surface area contributed by atoms with Crippen LogP contribution in [0.15, 0.2) is 28.6 Å². The van der Waals surface area contributed by atoms with Gasteiger partial charge in [0.05, 0.1) is 6.61 Å². The number of halogens is 1. The first-order chi connectivity index (χ1) is 9.28. The number of nitrogens with one attached hydrogen (secondary N) is 1. The SMILES string of the molecule is CNc1nnc(SCCCOc2ccc(F)cc2)s1. The van der Waals surface area contributed by atoms with E-state index in [4.69, 9.17) is 4.74 Å². The zero-order valence-corrected chi connectivity index (χ0v) is 12.1. The average molecular weight is 299 g/mol. The van der Waals surface area contributed by atoms with Crippen LogP contribution in [-0.4, -0.2) is 29.6 Å². The fourth-order valence-corrected chi connectivity index (χ4v) is 3.00. The molecule has 1 aromatic carbocycles. The van der Waals surface area contributed by atoms with Crippen molar-refractivity contribution < 1.29 is 9.13 Å². The van der Waals surface area contributed by atoms with E-state index in [0.717, 1.165) is 21.6 Å². The summed E-state index contributed by atoms with van der Waals surface area (Å²) in [6.45, 7) is 0.607. The lowest BCUT2D eigenvalue weighted by Gasteiger charge is -2.04. The molecule has 1 N–H and O–H groups in total. The number of anilines is 1. The van der Waals surface area contributed by atoms with Gasteiger partial charge in [0.2, 0.25) is 5.13 Å². The molecule has 0 unspecified atom stereocenters. The van der Waals surface area contributed by atoms with Gasteiger partial charge in [-0.05, 0) is 30.7 Å². The van der Waals surface area contributed by atoms with Crippen molar-refractivity contribution in [3.8, 4) is 5.75 Å². The fraction of sp³-hybridized carbons (Fsp3) is 0.333. The van der Waals surface area contributed by atoms with E-state index in [0.29, 0.717) is 12.4 Å². The predicted molar refractivity (Wildman–Crippen MR) is 76.7 cm³/mol. The molecule has 102 valence electrons. The van der Waals surface area contributed by atoms with Crippen LogP contribution in [0.4, 0.5) is 9.52 Å². The molecule has 0 saturated heterocycles. The normalized spacial score (nSPS) is 10.4. The van der Waals surface area contributed by atoms with Gasteiger partial charge in [-0.25, -0.2) is 4.39 Å². The lowest BCUT2D eigenvalue weighted by molar-refractivity contribution is 0.318. The molecule has 0 aliphatic carbocycles. The third kappa shape index (κ3) is 4.68. The number of ether oxygens (including phenoxy) is 1. The lowest BCUT2D eigenvalue weighted by Crippen LogP contribution is -1.98. The maximum atomic E-state index is 12.7. The number of benzene rings is 1. The summed E-state index contributed by atoms with van der Waals surface area (Å²) < 4.78 is 19.1. The molecule has 0 bridgehead atoms. The third-order valence-corrected chi connectivity index (χ3v) is 4.38. The van der Waals surface area contributed by atoms with Crippen molar-refractivity contribution in [2.24, 2.45) is 0 Å². The Bertz CT molecular complexity index is 504. The summed E-state index contributed by atoms with van der Waals surface area (Å²) in [4.78, 5) is 0. The minimum Gasteiger partial charge on any atom is -0.494 e. The first kappa shape index (κ1) is 14.1. The number of hydrogen-bond acceptors (Lipinski definition) is 6. The van der Waals surface area contributed by atoms with Crippen molar-refractivity contribution in [2.75, 3.05) is 24.7 Å². The molecule has 2 aromatic rings. The summed E-state index contributed by atoms with van der Waals surface area (Å²) in [5, 5.41) is 11.8. The molecule has 2 rings (SSSR count). The van der Waals surface area contributed by atoms with Gasteiger partial charge in [-0.3, -0.25) is 0 Å². The highest BCUT2D eigenvalue weighted by Gasteiger charge is 2.02. The Morgan fingerprint density at radius 1 is 1.32 bits per heavy atom. The van der Waals surface area contributed by atoms with Crippen LogP contribution >= 0.6 is 23.1 Å². The Morgan fingerprint density at radius 3 is 2.79 bits per heavy atom. The molecule has 1 heterocycles. The molecule has 0 aliphatic heterocycles. The fourth-order valence-electron chi connectivity index (χ4n) is 1.31. The Balaban J connectivity index is 1.63. The predicted octanol–water partition coefficient (Wildman–Crippen LogP) is 3.28. The second kappa shape index (κ2) is 7.30. The largest absolute Gasteiger partial charge is 0.494 e. The number of thioether (sulfide) groups is 1. The van der Waals surface area contributed by atoms with E-state index in [9.17, 15) is 4.39 Å².